The Kier molecular flexibility index (Phi) is 2.47. The van der Waals surface area contributed by atoms with Crippen molar-refractivity contribution < 1.29 is 0 Å². The van der Waals surface area contributed by atoms with Crippen molar-refractivity contribution in [2.24, 2.45) is 5.73 Å². The lowest BCUT2D eigenvalue weighted by molar-refractivity contribution is 0.809. The smallest absolute Gasteiger partial charge is 0.235 e. The maximum Gasteiger partial charge on any atom is 0.235 e. The van der Waals surface area contributed by atoms with Crippen molar-refractivity contribution in [1.29, 1.82) is 0 Å². The van der Waals surface area contributed by atoms with Gasteiger partial charge in [-0.1, -0.05) is 0 Å². The lowest BCUT2D eigenvalue weighted by Crippen LogP contribution is -2.10. The van der Waals surface area contributed by atoms with E-state index in [1.54, 1.807) is 10.8 Å². The zero-order valence-electron chi connectivity index (χ0n) is 8.81. The molecule has 78 valence electrons. The lowest BCUT2D eigenvalue weighted by atomic mass is 10.3. The molecule has 0 aromatic carbocycles. The Bertz CT molecular complexity index is 454. The molecule has 0 aliphatic heterocycles. The van der Waals surface area contributed by atoms with E-state index in [0.29, 0.717) is 12.5 Å². The third kappa shape index (κ3) is 1.87. The summed E-state index contributed by atoms with van der Waals surface area (Å²) >= 11 is 0. The van der Waals surface area contributed by atoms with Crippen molar-refractivity contribution in [3.05, 3.63) is 35.7 Å². The Morgan fingerprint density at radius 1 is 1.27 bits per heavy atom. The second-order valence-corrected chi connectivity index (χ2v) is 3.37. The zero-order valence-corrected chi connectivity index (χ0v) is 8.81. The predicted molar refractivity (Wildman–Crippen MR) is 56.5 cm³/mol. The van der Waals surface area contributed by atoms with Crippen molar-refractivity contribution in [2.75, 3.05) is 0 Å². The van der Waals surface area contributed by atoms with Gasteiger partial charge in [0.05, 0.1) is 6.54 Å². The standard InChI is InChI=1S/C10H13N5/c1-7-5-8(2)14-10(13-7)15-4-3-12-9(15)6-11/h3-5H,6,11H2,1-2H3. The third-order valence-electron chi connectivity index (χ3n) is 2.09. The summed E-state index contributed by atoms with van der Waals surface area (Å²) in [5, 5.41) is 0. The molecule has 0 saturated carbocycles. The number of aromatic nitrogens is 4. The SMILES string of the molecule is Cc1cc(C)nc(-n2ccnc2CN)n1. The summed E-state index contributed by atoms with van der Waals surface area (Å²) < 4.78 is 1.81. The van der Waals surface area contributed by atoms with Gasteiger partial charge >= 0.3 is 0 Å². The van der Waals surface area contributed by atoms with Crippen LogP contribution in [0.25, 0.3) is 5.95 Å². The summed E-state index contributed by atoms with van der Waals surface area (Å²) in [4.78, 5) is 12.8. The highest BCUT2D eigenvalue weighted by atomic mass is 15.2. The van der Waals surface area contributed by atoms with Crippen molar-refractivity contribution in [1.82, 2.24) is 19.5 Å². The van der Waals surface area contributed by atoms with Crippen LogP contribution in [-0.4, -0.2) is 19.5 Å². The summed E-state index contributed by atoms with van der Waals surface area (Å²) in [7, 11) is 0. The molecule has 0 unspecified atom stereocenters. The molecule has 0 radical (unpaired) electrons. The summed E-state index contributed by atoms with van der Waals surface area (Å²) in [5.74, 6) is 1.39. The Morgan fingerprint density at radius 2 is 1.93 bits per heavy atom. The highest BCUT2D eigenvalue weighted by molar-refractivity contribution is 5.20. The van der Waals surface area contributed by atoms with E-state index >= 15 is 0 Å². The first kappa shape index (κ1) is 9.79. The summed E-state index contributed by atoms with van der Waals surface area (Å²) in [6.45, 7) is 4.26. The monoisotopic (exact) mass is 203 g/mol. The van der Waals surface area contributed by atoms with Crippen molar-refractivity contribution in [2.45, 2.75) is 20.4 Å². The van der Waals surface area contributed by atoms with E-state index in [0.717, 1.165) is 17.2 Å². The van der Waals surface area contributed by atoms with E-state index in [9.17, 15) is 0 Å². The largest absolute Gasteiger partial charge is 0.324 e. The van der Waals surface area contributed by atoms with Gasteiger partial charge in [0.15, 0.2) is 0 Å². The third-order valence-corrected chi connectivity index (χ3v) is 2.09. The number of imidazole rings is 1. The maximum absolute atomic E-state index is 5.57. The Balaban J connectivity index is 2.53. The molecular weight excluding hydrogens is 190 g/mol. The topological polar surface area (TPSA) is 69.6 Å². The van der Waals surface area contributed by atoms with Gasteiger partial charge in [-0.3, -0.25) is 4.57 Å². The van der Waals surface area contributed by atoms with Crippen LogP contribution in [-0.2, 0) is 6.54 Å². The number of rotatable bonds is 2. The minimum atomic E-state index is 0.378. The average molecular weight is 203 g/mol. The van der Waals surface area contributed by atoms with Gasteiger partial charge in [0.1, 0.15) is 5.82 Å². The quantitative estimate of drug-likeness (QED) is 0.781. The molecule has 5 nitrogen and oxygen atoms in total. The molecule has 0 atom stereocenters. The Morgan fingerprint density at radius 3 is 2.53 bits per heavy atom. The van der Waals surface area contributed by atoms with E-state index in [1.165, 1.54) is 0 Å². The molecular formula is C10H13N5. The second kappa shape index (κ2) is 3.78. The fraction of sp³-hybridized carbons (Fsp3) is 0.300. The minimum absolute atomic E-state index is 0.378. The van der Waals surface area contributed by atoms with Crippen LogP contribution in [0, 0.1) is 13.8 Å². The summed E-state index contributed by atoms with van der Waals surface area (Å²) in [5.41, 5.74) is 7.45. The summed E-state index contributed by atoms with van der Waals surface area (Å²) in [6, 6.07) is 1.93. The molecule has 2 aromatic heterocycles. The van der Waals surface area contributed by atoms with Crippen LogP contribution in [0.3, 0.4) is 0 Å². The van der Waals surface area contributed by atoms with E-state index < -0.39 is 0 Å². The van der Waals surface area contributed by atoms with Gasteiger partial charge in [-0.2, -0.15) is 0 Å². The van der Waals surface area contributed by atoms with Gasteiger partial charge in [0.25, 0.3) is 0 Å². The van der Waals surface area contributed by atoms with Gasteiger partial charge in [-0.25, -0.2) is 15.0 Å². The van der Waals surface area contributed by atoms with E-state index in [2.05, 4.69) is 15.0 Å². The fourth-order valence-corrected chi connectivity index (χ4v) is 1.48. The highest BCUT2D eigenvalue weighted by Gasteiger charge is 2.06. The van der Waals surface area contributed by atoms with Crippen LogP contribution in [0.1, 0.15) is 17.2 Å². The maximum atomic E-state index is 5.57. The molecule has 15 heavy (non-hydrogen) atoms. The highest BCUT2D eigenvalue weighted by Crippen LogP contribution is 2.07. The van der Waals surface area contributed by atoms with Crippen LogP contribution in [0.5, 0.6) is 0 Å². The van der Waals surface area contributed by atoms with Gasteiger partial charge in [0.2, 0.25) is 5.95 Å². The first-order chi connectivity index (χ1) is 7.20. The van der Waals surface area contributed by atoms with Crippen molar-refractivity contribution >= 4 is 0 Å². The molecule has 0 spiro atoms. The molecule has 0 aliphatic rings. The lowest BCUT2D eigenvalue weighted by Gasteiger charge is -2.06. The fourth-order valence-electron chi connectivity index (χ4n) is 1.48. The molecule has 2 aromatic rings. The van der Waals surface area contributed by atoms with E-state index in [4.69, 9.17) is 5.73 Å². The van der Waals surface area contributed by atoms with Crippen LogP contribution >= 0.6 is 0 Å². The average Bonchev–Trinajstić information content (AvgIpc) is 2.63. The van der Waals surface area contributed by atoms with Crippen LogP contribution < -0.4 is 5.73 Å². The van der Waals surface area contributed by atoms with Gasteiger partial charge in [0, 0.05) is 23.8 Å². The van der Waals surface area contributed by atoms with Crippen LogP contribution in [0.4, 0.5) is 0 Å². The number of aryl methyl sites for hydroxylation is 2. The normalized spacial score (nSPS) is 10.6. The van der Waals surface area contributed by atoms with Gasteiger partial charge in [-0.15, -0.1) is 0 Å². The molecule has 0 bridgehead atoms. The van der Waals surface area contributed by atoms with Crippen LogP contribution in [0.15, 0.2) is 18.5 Å². The van der Waals surface area contributed by atoms with Crippen LogP contribution in [0.2, 0.25) is 0 Å². The molecule has 2 N–H and O–H groups in total. The molecule has 0 aliphatic carbocycles. The molecule has 0 amide bonds. The van der Waals surface area contributed by atoms with E-state index in [-0.39, 0.29) is 0 Å². The number of nitrogens with zero attached hydrogens (tertiary/aromatic N) is 4. The molecule has 0 saturated heterocycles. The second-order valence-electron chi connectivity index (χ2n) is 3.37. The van der Waals surface area contributed by atoms with Crippen molar-refractivity contribution in [3.63, 3.8) is 0 Å². The minimum Gasteiger partial charge on any atom is -0.324 e. The first-order valence-electron chi connectivity index (χ1n) is 4.75. The summed E-state index contributed by atoms with van der Waals surface area (Å²) in [6.07, 6.45) is 3.51. The Hall–Kier alpha value is -1.75. The van der Waals surface area contributed by atoms with Crippen molar-refractivity contribution in [3.8, 4) is 5.95 Å². The molecule has 0 fully saturated rings. The molecule has 2 heterocycles. The van der Waals surface area contributed by atoms with Gasteiger partial charge in [-0.05, 0) is 19.9 Å². The molecule has 2 rings (SSSR count). The Labute approximate surface area is 88.0 Å². The number of hydrogen-bond donors (Lipinski definition) is 1. The molecule has 5 heteroatoms. The number of hydrogen-bond acceptors (Lipinski definition) is 4. The predicted octanol–water partition coefficient (Wildman–Crippen LogP) is 0.738. The number of nitrogens with two attached hydrogens (primary N) is 1. The zero-order chi connectivity index (χ0) is 10.8. The van der Waals surface area contributed by atoms with Gasteiger partial charge < -0.3 is 5.73 Å². The van der Waals surface area contributed by atoms with E-state index in [1.807, 2.05) is 26.1 Å². The first-order valence-corrected chi connectivity index (χ1v) is 4.75.